The number of aromatic nitrogens is 2. The summed E-state index contributed by atoms with van der Waals surface area (Å²) in [7, 11) is 2.19. The Bertz CT molecular complexity index is 953. The van der Waals surface area contributed by atoms with Crippen molar-refractivity contribution in [2.75, 3.05) is 20.2 Å². The molecule has 27 heavy (non-hydrogen) atoms. The van der Waals surface area contributed by atoms with Gasteiger partial charge in [0.25, 0.3) is 0 Å². The van der Waals surface area contributed by atoms with Crippen LogP contribution in [0.25, 0.3) is 10.9 Å². The molecular formula is C23H29N3O. The van der Waals surface area contributed by atoms with Crippen molar-refractivity contribution in [2.24, 2.45) is 0 Å². The van der Waals surface area contributed by atoms with Crippen molar-refractivity contribution in [1.29, 1.82) is 0 Å². The average Bonchev–Trinajstić information content (AvgIpc) is 2.96. The van der Waals surface area contributed by atoms with Gasteiger partial charge in [-0.05, 0) is 53.4 Å². The van der Waals surface area contributed by atoms with Crippen molar-refractivity contribution in [3.8, 4) is 0 Å². The molecule has 1 aliphatic heterocycles. The molecule has 0 spiro atoms. The Morgan fingerprint density at radius 2 is 1.89 bits per heavy atom. The number of pyridine rings is 1. The van der Waals surface area contributed by atoms with Crippen molar-refractivity contribution in [1.82, 2.24) is 14.5 Å². The SMILES string of the molecule is CN1CCc2c(c3cc(C(C)(C)C)ccc3n2C(CO)c2ccncc2)C1. The fourth-order valence-electron chi connectivity index (χ4n) is 4.27. The summed E-state index contributed by atoms with van der Waals surface area (Å²) >= 11 is 0. The lowest BCUT2D eigenvalue weighted by atomic mass is 9.86. The first kappa shape index (κ1) is 18.2. The van der Waals surface area contributed by atoms with E-state index in [0.29, 0.717) is 0 Å². The van der Waals surface area contributed by atoms with Crippen molar-refractivity contribution in [3.05, 3.63) is 65.1 Å². The zero-order valence-corrected chi connectivity index (χ0v) is 16.7. The van der Waals surface area contributed by atoms with Crippen molar-refractivity contribution < 1.29 is 5.11 Å². The maximum absolute atomic E-state index is 10.3. The van der Waals surface area contributed by atoms with Crippen LogP contribution in [0.2, 0.25) is 0 Å². The largest absolute Gasteiger partial charge is 0.394 e. The normalized spacial score (nSPS) is 16.5. The van der Waals surface area contributed by atoms with Crippen LogP contribution in [-0.4, -0.2) is 39.8 Å². The molecule has 142 valence electrons. The molecule has 0 aliphatic carbocycles. The van der Waals surface area contributed by atoms with Gasteiger partial charge in [-0.2, -0.15) is 0 Å². The molecule has 1 N–H and O–H groups in total. The highest BCUT2D eigenvalue weighted by molar-refractivity contribution is 5.87. The molecule has 1 unspecified atom stereocenters. The van der Waals surface area contributed by atoms with Gasteiger partial charge in [-0.3, -0.25) is 4.98 Å². The van der Waals surface area contributed by atoms with E-state index in [2.05, 4.69) is 60.5 Å². The molecule has 3 aromatic rings. The second-order valence-electron chi connectivity index (χ2n) is 8.74. The Balaban J connectivity index is 1.97. The Morgan fingerprint density at radius 3 is 2.56 bits per heavy atom. The maximum Gasteiger partial charge on any atom is 0.0820 e. The predicted molar refractivity (Wildman–Crippen MR) is 110 cm³/mol. The summed E-state index contributed by atoms with van der Waals surface area (Å²) in [5.74, 6) is 0. The number of hydrogen-bond donors (Lipinski definition) is 1. The van der Waals surface area contributed by atoms with Crippen LogP contribution in [-0.2, 0) is 18.4 Å². The average molecular weight is 364 g/mol. The molecule has 0 fully saturated rings. The molecule has 4 rings (SSSR count). The van der Waals surface area contributed by atoms with Gasteiger partial charge in [-0.25, -0.2) is 0 Å². The maximum atomic E-state index is 10.3. The Hall–Kier alpha value is -2.17. The van der Waals surface area contributed by atoms with Crippen LogP contribution in [0.4, 0.5) is 0 Å². The van der Waals surface area contributed by atoms with Gasteiger partial charge in [-0.15, -0.1) is 0 Å². The molecule has 0 saturated heterocycles. The lowest BCUT2D eigenvalue weighted by Crippen LogP contribution is -2.28. The number of nitrogens with zero attached hydrogens (tertiary/aromatic N) is 3. The monoisotopic (exact) mass is 363 g/mol. The van der Waals surface area contributed by atoms with Gasteiger partial charge in [0.15, 0.2) is 0 Å². The summed E-state index contributed by atoms with van der Waals surface area (Å²) < 4.78 is 2.37. The number of likely N-dealkylation sites (N-methyl/N-ethyl adjacent to an activating group) is 1. The number of fused-ring (bicyclic) bond motifs is 3. The van der Waals surface area contributed by atoms with E-state index in [4.69, 9.17) is 0 Å². The molecule has 4 nitrogen and oxygen atoms in total. The van der Waals surface area contributed by atoms with Crippen LogP contribution in [0.3, 0.4) is 0 Å². The van der Waals surface area contributed by atoms with Gasteiger partial charge in [0.05, 0.1) is 12.6 Å². The molecule has 0 saturated carbocycles. The van der Waals surface area contributed by atoms with Gasteiger partial charge in [0, 0.05) is 48.5 Å². The molecule has 1 atom stereocenters. The van der Waals surface area contributed by atoms with E-state index < -0.39 is 0 Å². The lowest BCUT2D eigenvalue weighted by Gasteiger charge is -2.27. The summed E-state index contributed by atoms with van der Waals surface area (Å²) in [6.45, 7) is 8.87. The number of aliphatic hydroxyl groups is 1. The molecular weight excluding hydrogens is 334 g/mol. The summed E-state index contributed by atoms with van der Waals surface area (Å²) in [4.78, 5) is 6.53. The van der Waals surface area contributed by atoms with Crippen molar-refractivity contribution in [2.45, 2.75) is 45.2 Å². The zero-order chi connectivity index (χ0) is 19.2. The first-order valence-electron chi connectivity index (χ1n) is 9.75. The molecule has 0 bridgehead atoms. The Morgan fingerprint density at radius 1 is 1.15 bits per heavy atom. The smallest absolute Gasteiger partial charge is 0.0820 e. The predicted octanol–water partition coefficient (Wildman–Crippen LogP) is 3.90. The summed E-state index contributed by atoms with van der Waals surface area (Å²) in [6, 6.07) is 10.8. The van der Waals surface area contributed by atoms with E-state index in [9.17, 15) is 5.11 Å². The van der Waals surface area contributed by atoms with Crippen molar-refractivity contribution in [3.63, 3.8) is 0 Å². The van der Waals surface area contributed by atoms with Gasteiger partial charge in [0.1, 0.15) is 0 Å². The fourth-order valence-corrected chi connectivity index (χ4v) is 4.27. The molecule has 4 heteroatoms. The van der Waals surface area contributed by atoms with Crippen molar-refractivity contribution >= 4 is 10.9 Å². The lowest BCUT2D eigenvalue weighted by molar-refractivity contribution is 0.245. The van der Waals surface area contributed by atoms with Gasteiger partial charge in [0.2, 0.25) is 0 Å². The third kappa shape index (κ3) is 3.17. The number of rotatable bonds is 3. The van der Waals surface area contributed by atoms with E-state index >= 15 is 0 Å². The molecule has 1 aliphatic rings. The van der Waals surface area contributed by atoms with Gasteiger partial charge >= 0.3 is 0 Å². The van der Waals surface area contributed by atoms with Crippen LogP contribution in [0.1, 0.15) is 49.2 Å². The van der Waals surface area contributed by atoms with E-state index in [0.717, 1.165) is 25.1 Å². The van der Waals surface area contributed by atoms with Gasteiger partial charge < -0.3 is 14.6 Å². The topological polar surface area (TPSA) is 41.3 Å². The van der Waals surface area contributed by atoms with Crippen LogP contribution < -0.4 is 0 Å². The summed E-state index contributed by atoms with van der Waals surface area (Å²) in [5.41, 5.74) is 6.57. The number of benzene rings is 1. The molecule has 0 amide bonds. The van der Waals surface area contributed by atoms with E-state index in [-0.39, 0.29) is 18.1 Å². The molecule has 2 aromatic heterocycles. The molecule has 0 radical (unpaired) electrons. The van der Waals surface area contributed by atoms with Gasteiger partial charge in [-0.1, -0.05) is 26.8 Å². The van der Waals surface area contributed by atoms with Crippen LogP contribution in [0.15, 0.2) is 42.7 Å². The number of hydrogen-bond acceptors (Lipinski definition) is 3. The highest BCUT2D eigenvalue weighted by atomic mass is 16.3. The van der Waals surface area contributed by atoms with Crippen LogP contribution in [0.5, 0.6) is 0 Å². The quantitative estimate of drug-likeness (QED) is 0.767. The van der Waals surface area contributed by atoms with E-state index in [1.807, 2.05) is 24.5 Å². The highest BCUT2D eigenvalue weighted by Crippen LogP contribution is 2.37. The minimum absolute atomic E-state index is 0.0804. The zero-order valence-electron chi connectivity index (χ0n) is 16.7. The molecule has 1 aromatic carbocycles. The first-order chi connectivity index (χ1) is 12.9. The van der Waals surface area contributed by atoms with E-state index in [1.54, 1.807) is 0 Å². The van der Waals surface area contributed by atoms with E-state index in [1.165, 1.54) is 27.7 Å². The minimum Gasteiger partial charge on any atom is -0.394 e. The minimum atomic E-state index is -0.0804. The second-order valence-corrected chi connectivity index (χ2v) is 8.74. The highest BCUT2D eigenvalue weighted by Gasteiger charge is 2.27. The Kier molecular flexibility index (Phi) is 4.57. The third-order valence-electron chi connectivity index (χ3n) is 5.82. The van der Waals surface area contributed by atoms with Crippen LogP contribution in [0, 0.1) is 0 Å². The first-order valence-corrected chi connectivity index (χ1v) is 9.75. The number of aliphatic hydroxyl groups excluding tert-OH is 1. The Labute approximate surface area is 161 Å². The second kappa shape index (κ2) is 6.77. The summed E-state index contributed by atoms with van der Waals surface area (Å²) in [6.07, 6.45) is 4.62. The summed E-state index contributed by atoms with van der Waals surface area (Å²) in [5, 5.41) is 11.6. The third-order valence-corrected chi connectivity index (χ3v) is 5.82. The van der Waals surface area contributed by atoms with Crippen LogP contribution >= 0.6 is 0 Å². The molecule has 3 heterocycles. The standard InChI is InChI=1S/C23H29N3O/c1-23(2,3)17-5-6-20-18(13-17)19-14-25(4)12-9-21(19)26(20)22(15-27)16-7-10-24-11-8-16/h5-8,10-11,13,22,27H,9,12,14-15H2,1-4H3. The fraction of sp³-hybridized carbons (Fsp3) is 0.435.